The van der Waals surface area contributed by atoms with E-state index in [0.29, 0.717) is 6.04 Å². The summed E-state index contributed by atoms with van der Waals surface area (Å²) in [6.07, 6.45) is 0.791. The van der Waals surface area contributed by atoms with E-state index in [1.165, 1.54) is 5.56 Å². The predicted octanol–water partition coefficient (Wildman–Crippen LogP) is 4.03. The Bertz CT molecular complexity index is 951. The lowest BCUT2D eigenvalue weighted by molar-refractivity contribution is 0.0491. The van der Waals surface area contributed by atoms with Crippen molar-refractivity contribution in [2.24, 2.45) is 0 Å². The highest BCUT2D eigenvalue weighted by Gasteiger charge is 2.27. The molecule has 1 aliphatic heterocycles. The van der Waals surface area contributed by atoms with Crippen LogP contribution in [0.5, 0.6) is 0 Å². The molecule has 0 spiro atoms. The first-order chi connectivity index (χ1) is 14.6. The Morgan fingerprint density at radius 1 is 1.00 bits per heavy atom. The summed E-state index contributed by atoms with van der Waals surface area (Å²) >= 11 is 0. The normalized spacial score (nSPS) is 18.0. The summed E-state index contributed by atoms with van der Waals surface area (Å²) in [5.74, 6) is 1.85. The molecule has 30 heavy (non-hydrogen) atoms. The highest BCUT2D eigenvalue weighted by molar-refractivity contribution is 5.57. The van der Waals surface area contributed by atoms with Gasteiger partial charge < -0.3 is 9.52 Å². The van der Waals surface area contributed by atoms with Crippen LogP contribution >= 0.6 is 0 Å². The Hall–Kier alpha value is -2.47. The standard InChI is InChI=1S/C25H31N3O2/c1-19-4-3-5-23(26-19)17-28-14-13-27(18-24(28)12-15-29)16-21-7-9-22(10-8-21)25-11-6-20(2)30-25/h3-11,24,29H,12-18H2,1-2H3. The van der Waals surface area contributed by atoms with Gasteiger partial charge >= 0.3 is 0 Å². The minimum atomic E-state index is 0.216. The lowest BCUT2D eigenvalue weighted by atomic mass is 10.1. The van der Waals surface area contributed by atoms with E-state index in [1.54, 1.807) is 0 Å². The van der Waals surface area contributed by atoms with Crippen molar-refractivity contribution in [3.8, 4) is 11.3 Å². The summed E-state index contributed by atoms with van der Waals surface area (Å²) < 4.78 is 5.72. The molecule has 0 aliphatic carbocycles. The Balaban J connectivity index is 1.37. The fourth-order valence-corrected chi connectivity index (χ4v) is 4.25. The third kappa shape index (κ3) is 5.17. The number of aliphatic hydroxyl groups is 1. The Kier molecular flexibility index (Phi) is 6.62. The van der Waals surface area contributed by atoms with Crippen LogP contribution in [0.4, 0.5) is 0 Å². The first-order valence-corrected chi connectivity index (χ1v) is 10.8. The lowest BCUT2D eigenvalue weighted by Crippen LogP contribution is -2.52. The fraction of sp³-hybridized carbons (Fsp3) is 0.400. The number of furan rings is 1. The van der Waals surface area contributed by atoms with E-state index in [1.807, 2.05) is 32.0 Å². The summed E-state index contributed by atoms with van der Waals surface area (Å²) in [6.45, 7) is 8.96. The number of aryl methyl sites for hydroxylation is 2. The van der Waals surface area contributed by atoms with Gasteiger partial charge in [-0.2, -0.15) is 0 Å². The van der Waals surface area contributed by atoms with Crippen molar-refractivity contribution >= 4 is 0 Å². The van der Waals surface area contributed by atoms with Crippen LogP contribution < -0.4 is 0 Å². The van der Waals surface area contributed by atoms with Crippen LogP contribution in [0.3, 0.4) is 0 Å². The second-order valence-electron chi connectivity index (χ2n) is 8.25. The number of piperazine rings is 1. The number of aliphatic hydroxyl groups excluding tert-OH is 1. The van der Waals surface area contributed by atoms with E-state index in [0.717, 1.165) is 67.6 Å². The molecule has 1 unspecified atom stereocenters. The van der Waals surface area contributed by atoms with Crippen LogP contribution in [-0.2, 0) is 13.1 Å². The first kappa shape index (κ1) is 20.8. The molecular weight excluding hydrogens is 374 g/mol. The fourth-order valence-electron chi connectivity index (χ4n) is 4.25. The molecule has 1 N–H and O–H groups in total. The van der Waals surface area contributed by atoms with Crippen LogP contribution in [-0.4, -0.2) is 52.2 Å². The van der Waals surface area contributed by atoms with Crippen molar-refractivity contribution in [2.45, 2.75) is 39.4 Å². The van der Waals surface area contributed by atoms with Gasteiger partial charge in [0.25, 0.3) is 0 Å². The quantitative estimate of drug-likeness (QED) is 0.643. The molecule has 0 radical (unpaired) electrons. The van der Waals surface area contributed by atoms with Crippen LogP contribution in [0.1, 0.15) is 29.1 Å². The smallest absolute Gasteiger partial charge is 0.134 e. The van der Waals surface area contributed by atoms with E-state index in [2.05, 4.69) is 51.2 Å². The Morgan fingerprint density at radius 2 is 1.83 bits per heavy atom. The molecule has 1 atom stereocenters. The molecule has 5 nitrogen and oxygen atoms in total. The van der Waals surface area contributed by atoms with Gasteiger partial charge in [0.1, 0.15) is 11.5 Å². The molecule has 1 fully saturated rings. The zero-order chi connectivity index (χ0) is 20.9. The van der Waals surface area contributed by atoms with Crippen LogP contribution in [0.15, 0.2) is 59.0 Å². The van der Waals surface area contributed by atoms with E-state index < -0.39 is 0 Å². The highest BCUT2D eigenvalue weighted by Crippen LogP contribution is 2.23. The molecule has 0 bridgehead atoms. The van der Waals surface area contributed by atoms with Gasteiger partial charge in [0.2, 0.25) is 0 Å². The van der Waals surface area contributed by atoms with E-state index >= 15 is 0 Å². The maximum atomic E-state index is 9.59. The predicted molar refractivity (Wildman–Crippen MR) is 119 cm³/mol. The molecule has 5 heteroatoms. The van der Waals surface area contributed by atoms with Crippen molar-refractivity contribution in [3.63, 3.8) is 0 Å². The van der Waals surface area contributed by atoms with Gasteiger partial charge in [-0.1, -0.05) is 30.3 Å². The molecule has 3 aromatic rings. The number of rotatable bonds is 7. The summed E-state index contributed by atoms with van der Waals surface area (Å²) in [6, 6.07) is 19.2. The van der Waals surface area contributed by atoms with E-state index in [4.69, 9.17) is 4.42 Å². The van der Waals surface area contributed by atoms with Crippen molar-refractivity contribution in [1.82, 2.24) is 14.8 Å². The molecule has 158 valence electrons. The van der Waals surface area contributed by atoms with Gasteiger partial charge in [0.05, 0.1) is 5.69 Å². The molecule has 4 rings (SSSR count). The second-order valence-corrected chi connectivity index (χ2v) is 8.25. The SMILES string of the molecule is Cc1cccc(CN2CCN(Cc3ccc(-c4ccc(C)o4)cc3)CC2CCO)n1. The number of hydrogen-bond acceptors (Lipinski definition) is 5. The number of hydrogen-bond donors (Lipinski definition) is 1. The van der Waals surface area contributed by atoms with Crippen molar-refractivity contribution in [1.29, 1.82) is 0 Å². The van der Waals surface area contributed by atoms with Crippen LogP contribution in [0.2, 0.25) is 0 Å². The zero-order valence-corrected chi connectivity index (χ0v) is 17.9. The second kappa shape index (κ2) is 9.56. The van der Waals surface area contributed by atoms with Gasteiger partial charge in [-0.25, -0.2) is 0 Å². The molecule has 1 aromatic carbocycles. The lowest BCUT2D eigenvalue weighted by Gasteiger charge is -2.41. The van der Waals surface area contributed by atoms with Gasteiger partial charge in [0, 0.05) is 56.6 Å². The summed E-state index contributed by atoms with van der Waals surface area (Å²) in [5, 5.41) is 9.59. The molecule has 3 heterocycles. The third-order valence-electron chi connectivity index (χ3n) is 5.85. The first-order valence-electron chi connectivity index (χ1n) is 10.8. The zero-order valence-electron chi connectivity index (χ0n) is 17.9. The van der Waals surface area contributed by atoms with Gasteiger partial charge in [0.15, 0.2) is 0 Å². The number of nitrogens with zero attached hydrogens (tertiary/aromatic N) is 3. The van der Waals surface area contributed by atoms with Gasteiger partial charge in [-0.15, -0.1) is 0 Å². The largest absolute Gasteiger partial charge is 0.461 e. The van der Waals surface area contributed by atoms with Crippen molar-refractivity contribution in [2.75, 3.05) is 26.2 Å². The number of aromatic nitrogens is 1. The molecule has 2 aromatic heterocycles. The summed E-state index contributed by atoms with van der Waals surface area (Å²) in [4.78, 5) is 9.62. The molecule has 1 aliphatic rings. The maximum absolute atomic E-state index is 9.59. The highest BCUT2D eigenvalue weighted by atomic mass is 16.3. The van der Waals surface area contributed by atoms with Crippen molar-refractivity contribution in [3.05, 3.63) is 77.3 Å². The monoisotopic (exact) mass is 405 g/mol. The molecule has 0 saturated carbocycles. The molecule has 1 saturated heterocycles. The summed E-state index contributed by atoms with van der Waals surface area (Å²) in [5.41, 5.74) is 4.58. The molecule has 0 amide bonds. The van der Waals surface area contributed by atoms with Crippen LogP contribution in [0.25, 0.3) is 11.3 Å². The van der Waals surface area contributed by atoms with Crippen LogP contribution in [0, 0.1) is 13.8 Å². The van der Waals surface area contributed by atoms with E-state index in [9.17, 15) is 5.11 Å². The maximum Gasteiger partial charge on any atom is 0.134 e. The van der Waals surface area contributed by atoms with Gasteiger partial charge in [-0.05, 0) is 50.1 Å². The Morgan fingerprint density at radius 3 is 2.53 bits per heavy atom. The number of benzene rings is 1. The minimum Gasteiger partial charge on any atom is -0.461 e. The average molecular weight is 406 g/mol. The van der Waals surface area contributed by atoms with E-state index in [-0.39, 0.29) is 6.61 Å². The average Bonchev–Trinajstić information content (AvgIpc) is 3.17. The molecular formula is C25H31N3O2. The Labute approximate surface area is 179 Å². The van der Waals surface area contributed by atoms with Gasteiger partial charge in [-0.3, -0.25) is 14.8 Å². The minimum absolute atomic E-state index is 0.216. The topological polar surface area (TPSA) is 52.7 Å². The summed E-state index contributed by atoms with van der Waals surface area (Å²) in [7, 11) is 0. The van der Waals surface area contributed by atoms with Crippen molar-refractivity contribution < 1.29 is 9.52 Å². The number of pyridine rings is 1. The third-order valence-corrected chi connectivity index (χ3v) is 5.85.